The van der Waals surface area contributed by atoms with Gasteiger partial charge in [0, 0.05) is 5.75 Å². The molecule has 0 amide bonds. The largest absolute Gasteiger partial charge is 0.495 e. The highest BCUT2D eigenvalue weighted by Crippen LogP contribution is 2.31. The maximum absolute atomic E-state index is 11.0. The highest BCUT2D eigenvalue weighted by atomic mass is 32.2. The van der Waals surface area contributed by atoms with Crippen LogP contribution in [-0.2, 0) is 5.75 Å². The molecule has 0 atom stereocenters. The predicted molar refractivity (Wildman–Crippen MR) is 81.1 cm³/mol. The highest BCUT2D eigenvalue weighted by Gasteiger charge is 2.14. The number of nitrogens with zero attached hydrogens (tertiary/aromatic N) is 2. The summed E-state index contributed by atoms with van der Waals surface area (Å²) in [5.74, 6) is 0.225. The Morgan fingerprint density at radius 2 is 2.33 bits per heavy atom. The third kappa shape index (κ3) is 3.54. The van der Waals surface area contributed by atoms with Gasteiger partial charge in [-0.25, -0.2) is 9.78 Å². The number of methoxy groups -OCH3 is 1. The average Bonchev–Trinajstić information content (AvgIpc) is 2.86. The van der Waals surface area contributed by atoms with Crippen molar-refractivity contribution in [3.8, 4) is 11.8 Å². The van der Waals surface area contributed by atoms with Crippen molar-refractivity contribution >= 4 is 29.1 Å². The van der Waals surface area contributed by atoms with Gasteiger partial charge in [-0.15, -0.1) is 11.3 Å². The molecule has 1 aromatic heterocycles. The van der Waals surface area contributed by atoms with Gasteiger partial charge >= 0.3 is 5.97 Å². The van der Waals surface area contributed by atoms with Crippen molar-refractivity contribution in [2.24, 2.45) is 0 Å². The lowest BCUT2D eigenvalue weighted by Crippen LogP contribution is -1.94. The van der Waals surface area contributed by atoms with Crippen molar-refractivity contribution in [3.05, 3.63) is 39.9 Å². The zero-order chi connectivity index (χ0) is 15.4. The van der Waals surface area contributed by atoms with Crippen LogP contribution in [-0.4, -0.2) is 23.2 Å². The summed E-state index contributed by atoms with van der Waals surface area (Å²) < 4.78 is 5.88. The number of nitriles is 1. The normalized spacial score (nSPS) is 10.1. The van der Waals surface area contributed by atoms with Crippen molar-refractivity contribution in [1.29, 1.82) is 5.26 Å². The summed E-state index contributed by atoms with van der Waals surface area (Å²) in [5.41, 5.74) is 2.01. The first kappa shape index (κ1) is 15.4. The first-order chi connectivity index (χ1) is 10.0. The van der Waals surface area contributed by atoms with Gasteiger partial charge in [0.05, 0.1) is 18.4 Å². The van der Waals surface area contributed by atoms with E-state index in [4.69, 9.17) is 15.1 Å². The predicted octanol–water partition coefficient (Wildman–Crippen LogP) is 3.32. The molecular weight excluding hydrogens is 308 g/mol. The number of carboxylic acid groups (broad SMARTS) is 1. The maximum atomic E-state index is 11.0. The van der Waals surface area contributed by atoms with E-state index in [0.717, 1.165) is 5.56 Å². The van der Waals surface area contributed by atoms with E-state index in [2.05, 4.69) is 11.1 Å². The van der Waals surface area contributed by atoms with Crippen molar-refractivity contribution in [1.82, 2.24) is 4.98 Å². The second-order valence-electron chi connectivity index (χ2n) is 4.13. The minimum atomic E-state index is -0.947. The number of benzene rings is 1. The molecule has 2 aromatic rings. The Hall–Kier alpha value is -2.04. The van der Waals surface area contributed by atoms with Crippen LogP contribution in [0.1, 0.15) is 26.5 Å². The lowest BCUT2D eigenvalue weighted by molar-refractivity contribution is 0.0701. The summed E-state index contributed by atoms with van der Waals surface area (Å²) >= 11 is 2.64. The lowest BCUT2D eigenvalue weighted by atomic mass is 10.1. The van der Waals surface area contributed by atoms with E-state index >= 15 is 0 Å². The number of thioether (sulfide) groups is 1. The zero-order valence-electron chi connectivity index (χ0n) is 11.4. The van der Waals surface area contributed by atoms with E-state index in [1.807, 2.05) is 12.1 Å². The molecule has 0 saturated heterocycles. The standard InChI is InChI=1S/C14H12N2O3S2/c1-8-12(13(17)18)21-14(16-8)20-7-9-3-4-10(6-15)11(5-9)19-2/h3-5H,7H2,1-2H3,(H,17,18). The number of thiazole rings is 1. The summed E-state index contributed by atoms with van der Waals surface area (Å²) in [7, 11) is 1.52. The van der Waals surface area contributed by atoms with Crippen LogP contribution < -0.4 is 4.74 Å². The number of aryl methyl sites for hydroxylation is 1. The second-order valence-corrected chi connectivity index (χ2v) is 6.36. The molecule has 7 heteroatoms. The molecule has 108 valence electrons. The van der Waals surface area contributed by atoms with Crippen LogP contribution in [0.15, 0.2) is 22.5 Å². The summed E-state index contributed by atoms with van der Waals surface area (Å²) in [5, 5.41) is 17.9. The van der Waals surface area contributed by atoms with E-state index in [1.54, 1.807) is 13.0 Å². The second kappa shape index (κ2) is 6.61. The Morgan fingerprint density at radius 3 is 2.90 bits per heavy atom. The van der Waals surface area contributed by atoms with Crippen molar-refractivity contribution < 1.29 is 14.6 Å². The van der Waals surface area contributed by atoms with Gasteiger partial charge in [-0.2, -0.15) is 5.26 Å². The molecule has 0 aliphatic carbocycles. The monoisotopic (exact) mass is 320 g/mol. The van der Waals surface area contributed by atoms with Crippen molar-refractivity contribution in [3.63, 3.8) is 0 Å². The summed E-state index contributed by atoms with van der Waals surface area (Å²) in [6.07, 6.45) is 0. The maximum Gasteiger partial charge on any atom is 0.347 e. The van der Waals surface area contributed by atoms with Gasteiger partial charge in [0.1, 0.15) is 16.7 Å². The van der Waals surface area contributed by atoms with Crippen LogP contribution in [0.5, 0.6) is 5.75 Å². The Labute approximate surface area is 130 Å². The summed E-state index contributed by atoms with van der Waals surface area (Å²) in [4.78, 5) is 15.5. The fourth-order valence-corrected chi connectivity index (χ4v) is 3.67. The molecule has 1 N–H and O–H groups in total. The third-order valence-corrected chi connectivity index (χ3v) is 5.08. The van der Waals surface area contributed by atoms with Gasteiger partial charge in [-0.05, 0) is 24.6 Å². The molecule has 0 spiro atoms. The van der Waals surface area contributed by atoms with E-state index in [0.29, 0.717) is 27.1 Å². The Bertz CT molecular complexity index is 719. The Morgan fingerprint density at radius 1 is 1.57 bits per heavy atom. The zero-order valence-corrected chi connectivity index (χ0v) is 13.0. The molecule has 0 unspecified atom stereocenters. The van der Waals surface area contributed by atoms with Crippen LogP contribution in [0.4, 0.5) is 0 Å². The first-order valence-electron chi connectivity index (χ1n) is 5.95. The number of ether oxygens (including phenoxy) is 1. The quantitative estimate of drug-likeness (QED) is 0.851. The number of aromatic carboxylic acids is 1. The molecule has 5 nitrogen and oxygen atoms in total. The molecule has 1 heterocycles. The molecule has 0 fully saturated rings. The van der Waals surface area contributed by atoms with Crippen LogP contribution in [0.25, 0.3) is 0 Å². The van der Waals surface area contributed by atoms with Gasteiger partial charge in [0.2, 0.25) is 0 Å². The molecule has 0 bridgehead atoms. The topological polar surface area (TPSA) is 83.2 Å². The SMILES string of the molecule is COc1cc(CSc2nc(C)c(C(=O)O)s2)ccc1C#N. The fourth-order valence-electron chi connectivity index (χ4n) is 1.69. The number of hydrogen-bond donors (Lipinski definition) is 1. The third-order valence-electron chi connectivity index (χ3n) is 2.72. The van der Waals surface area contributed by atoms with Crippen LogP contribution in [0.2, 0.25) is 0 Å². The molecule has 1 aromatic carbocycles. The lowest BCUT2D eigenvalue weighted by Gasteiger charge is -2.05. The van der Waals surface area contributed by atoms with Crippen molar-refractivity contribution in [2.75, 3.05) is 7.11 Å². The van der Waals surface area contributed by atoms with Crippen LogP contribution >= 0.6 is 23.1 Å². The van der Waals surface area contributed by atoms with Gasteiger partial charge < -0.3 is 9.84 Å². The molecule has 0 aliphatic heterocycles. The molecular formula is C14H12N2O3S2. The highest BCUT2D eigenvalue weighted by molar-refractivity contribution is 8.00. The minimum Gasteiger partial charge on any atom is -0.495 e. The molecule has 0 radical (unpaired) electrons. The number of carbonyl (C=O) groups is 1. The van der Waals surface area contributed by atoms with Gasteiger partial charge in [-0.3, -0.25) is 0 Å². The van der Waals surface area contributed by atoms with Gasteiger partial charge in [0.25, 0.3) is 0 Å². The number of hydrogen-bond acceptors (Lipinski definition) is 6. The van der Waals surface area contributed by atoms with Crippen LogP contribution in [0, 0.1) is 18.3 Å². The van der Waals surface area contributed by atoms with Gasteiger partial charge in [-0.1, -0.05) is 17.8 Å². The summed E-state index contributed by atoms with van der Waals surface area (Å²) in [6.45, 7) is 1.69. The molecule has 0 aliphatic rings. The van der Waals surface area contributed by atoms with Crippen LogP contribution in [0.3, 0.4) is 0 Å². The molecule has 0 saturated carbocycles. The number of rotatable bonds is 5. The van der Waals surface area contributed by atoms with E-state index in [1.165, 1.54) is 30.2 Å². The Balaban J connectivity index is 2.11. The van der Waals surface area contributed by atoms with E-state index < -0.39 is 5.97 Å². The van der Waals surface area contributed by atoms with E-state index in [9.17, 15) is 4.79 Å². The van der Waals surface area contributed by atoms with Gasteiger partial charge in [0.15, 0.2) is 4.34 Å². The number of carboxylic acids is 1. The average molecular weight is 320 g/mol. The minimum absolute atomic E-state index is 0.273. The molecule has 2 rings (SSSR count). The van der Waals surface area contributed by atoms with Crippen molar-refractivity contribution in [2.45, 2.75) is 17.0 Å². The summed E-state index contributed by atoms with van der Waals surface area (Å²) in [6, 6.07) is 7.44. The first-order valence-corrected chi connectivity index (χ1v) is 7.76. The number of aromatic nitrogens is 1. The smallest absolute Gasteiger partial charge is 0.347 e. The Kier molecular flexibility index (Phi) is 4.83. The molecule has 21 heavy (non-hydrogen) atoms. The fraction of sp³-hybridized carbons (Fsp3) is 0.214. The van der Waals surface area contributed by atoms with E-state index in [-0.39, 0.29) is 4.88 Å².